The van der Waals surface area contributed by atoms with E-state index in [2.05, 4.69) is 16.7 Å². The summed E-state index contributed by atoms with van der Waals surface area (Å²) < 4.78 is 19.1. The Morgan fingerprint density at radius 2 is 1.89 bits per heavy atom. The highest BCUT2D eigenvalue weighted by atomic mass is 19.1. The molecule has 2 atom stereocenters. The monoisotopic (exact) mass is 497 g/mol. The Morgan fingerprint density at radius 3 is 2.53 bits per heavy atom. The average molecular weight is 498 g/mol. The van der Waals surface area contributed by atoms with Crippen LogP contribution in [0.25, 0.3) is 0 Å². The highest BCUT2D eigenvalue weighted by Gasteiger charge is 2.35. The maximum Gasteiger partial charge on any atom is 0.408 e. The van der Waals surface area contributed by atoms with Crippen molar-refractivity contribution in [3.63, 3.8) is 0 Å². The van der Waals surface area contributed by atoms with Gasteiger partial charge in [-0.3, -0.25) is 9.59 Å². The largest absolute Gasteiger partial charge is 0.444 e. The van der Waals surface area contributed by atoms with Gasteiger partial charge in [0.25, 0.3) is 0 Å². The lowest BCUT2D eigenvalue weighted by molar-refractivity contribution is -0.129. The number of halogens is 1. The van der Waals surface area contributed by atoms with Gasteiger partial charge in [0.2, 0.25) is 11.8 Å². The highest BCUT2D eigenvalue weighted by molar-refractivity contribution is 6.01. The Bertz CT molecular complexity index is 1130. The molecule has 194 valence electrons. The van der Waals surface area contributed by atoms with Gasteiger partial charge in [-0.1, -0.05) is 29.8 Å². The molecule has 8 heteroatoms. The Morgan fingerprint density at radius 1 is 1.17 bits per heavy atom. The van der Waals surface area contributed by atoms with E-state index in [9.17, 15) is 18.8 Å². The van der Waals surface area contributed by atoms with Crippen molar-refractivity contribution in [1.82, 2.24) is 10.6 Å². The van der Waals surface area contributed by atoms with Crippen LogP contribution in [0.3, 0.4) is 0 Å². The van der Waals surface area contributed by atoms with Crippen molar-refractivity contribution in [2.45, 2.75) is 84.5 Å². The minimum atomic E-state index is -1.06. The number of rotatable bonds is 6. The van der Waals surface area contributed by atoms with Crippen LogP contribution in [0.1, 0.15) is 57.7 Å². The molecule has 2 aromatic carbocycles. The molecule has 1 unspecified atom stereocenters. The van der Waals surface area contributed by atoms with Crippen molar-refractivity contribution in [3.05, 3.63) is 65.0 Å². The van der Waals surface area contributed by atoms with Gasteiger partial charge in [0.05, 0.1) is 0 Å². The molecule has 3 amide bonds. The standard InChI is InChI=1S/C28H36FN3O4/c1-17(2)32-24-13-10-18(3)14-20(24)11-12-22(26(32)34)30-25(33)23(31-27(35)36-28(4,5)6)16-19-8-7-9-21(29)15-19/h7-10,13-15,17,22-23H,11-12,16H2,1-6H3,(H,30,33)(H,31,35)/t22?,23-/m1/s1. The third-order valence-corrected chi connectivity index (χ3v) is 5.90. The van der Waals surface area contributed by atoms with E-state index in [0.717, 1.165) is 16.8 Å². The summed E-state index contributed by atoms with van der Waals surface area (Å²) in [6.45, 7) is 11.0. The summed E-state index contributed by atoms with van der Waals surface area (Å²) >= 11 is 0. The number of aryl methyl sites for hydroxylation is 2. The topological polar surface area (TPSA) is 87.7 Å². The van der Waals surface area contributed by atoms with Crippen LogP contribution in [0.4, 0.5) is 14.9 Å². The van der Waals surface area contributed by atoms with Crippen molar-refractivity contribution >= 4 is 23.6 Å². The molecule has 0 spiro atoms. The van der Waals surface area contributed by atoms with Crippen molar-refractivity contribution in [3.8, 4) is 0 Å². The second-order valence-corrected chi connectivity index (χ2v) is 10.6. The minimum Gasteiger partial charge on any atom is -0.444 e. The number of carbonyl (C=O) groups is 3. The van der Waals surface area contributed by atoms with Gasteiger partial charge in [-0.15, -0.1) is 0 Å². The van der Waals surface area contributed by atoms with Crippen LogP contribution in [0.2, 0.25) is 0 Å². The summed E-state index contributed by atoms with van der Waals surface area (Å²) in [6, 6.07) is 9.88. The maximum atomic E-state index is 13.8. The van der Waals surface area contributed by atoms with E-state index in [0.29, 0.717) is 18.4 Å². The normalized spacial score (nSPS) is 16.7. The fourth-order valence-corrected chi connectivity index (χ4v) is 4.36. The minimum absolute atomic E-state index is 0.0388. The summed E-state index contributed by atoms with van der Waals surface area (Å²) in [5.74, 6) is -1.18. The summed E-state index contributed by atoms with van der Waals surface area (Å²) in [7, 11) is 0. The van der Waals surface area contributed by atoms with Crippen molar-refractivity contribution < 1.29 is 23.5 Å². The zero-order chi connectivity index (χ0) is 26.6. The summed E-state index contributed by atoms with van der Waals surface area (Å²) in [5.41, 5.74) is 2.77. The van der Waals surface area contributed by atoms with E-state index >= 15 is 0 Å². The maximum absolute atomic E-state index is 13.8. The molecule has 0 saturated heterocycles. The van der Waals surface area contributed by atoms with Gasteiger partial charge >= 0.3 is 6.09 Å². The molecule has 0 bridgehead atoms. The summed E-state index contributed by atoms with van der Waals surface area (Å²) in [6.07, 6.45) is 0.309. The van der Waals surface area contributed by atoms with Gasteiger partial charge in [0.1, 0.15) is 23.5 Å². The molecule has 0 saturated carbocycles. The number of anilines is 1. The number of amides is 3. The number of fused-ring (bicyclic) bond motifs is 1. The Balaban J connectivity index is 1.84. The van der Waals surface area contributed by atoms with Crippen LogP contribution in [0.5, 0.6) is 0 Å². The Hall–Kier alpha value is -3.42. The van der Waals surface area contributed by atoms with Crippen molar-refractivity contribution in [2.75, 3.05) is 4.90 Å². The van der Waals surface area contributed by atoms with Gasteiger partial charge in [0, 0.05) is 18.2 Å². The second kappa shape index (κ2) is 11.1. The summed E-state index contributed by atoms with van der Waals surface area (Å²) in [4.78, 5) is 41.2. The predicted molar refractivity (Wildman–Crippen MR) is 137 cm³/mol. The Labute approximate surface area is 212 Å². The Kier molecular flexibility index (Phi) is 8.38. The molecule has 1 aliphatic rings. The number of alkyl carbamates (subject to hydrolysis) is 1. The van der Waals surface area contributed by atoms with Crippen LogP contribution in [-0.4, -0.2) is 41.6 Å². The van der Waals surface area contributed by atoms with Gasteiger partial charge in [0.15, 0.2) is 0 Å². The number of hydrogen-bond donors (Lipinski definition) is 2. The lowest BCUT2D eigenvalue weighted by atomic mass is 10.0. The van der Waals surface area contributed by atoms with E-state index in [-0.39, 0.29) is 18.4 Å². The zero-order valence-electron chi connectivity index (χ0n) is 21.9. The average Bonchev–Trinajstić information content (AvgIpc) is 2.88. The van der Waals surface area contributed by atoms with Gasteiger partial charge in [-0.25, -0.2) is 9.18 Å². The SMILES string of the molecule is Cc1ccc2c(c1)CCC(NC(=O)[C@@H](Cc1cccc(F)c1)NC(=O)OC(C)(C)C)C(=O)N2C(C)C. The molecule has 2 aromatic rings. The number of benzene rings is 2. The summed E-state index contributed by atoms with van der Waals surface area (Å²) in [5, 5.41) is 5.45. The molecule has 0 aromatic heterocycles. The number of nitrogens with one attached hydrogen (secondary N) is 2. The lowest BCUT2D eigenvalue weighted by Gasteiger charge is -2.30. The first-order valence-corrected chi connectivity index (χ1v) is 12.3. The third-order valence-electron chi connectivity index (χ3n) is 5.90. The molecular formula is C28H36FN3O4. The van der Waals surface area contributed by atoms with Gasteiger partial charge < -0.3 is 20.3 Å². The van der Waals surface area contributed by atoms with E-state index < -0.39 is 35.5 Å². The van der Waals surface area contributed by atoms with Crippen LogP contribution < -0.4 is 15.5 Å². The fourth-order valence-electron chi connectivity index (χ4n) is 4.36. The third kappa shape index (κ3) is 7.06. The first-order valence-electron chi connectivity index (χ1n) is 12.3. The van der Waals surface area contributed by atoms with Crippen molar-refractivity contribution in [2.24, 2.45) is 0 Å². The first-order chi connectivity index (χ1) is 16.8. The number of ether oxygens (including phenoxy) is 1. The van der Waals surface area contributed by atoms with E-state index in [1.807, 2.05) is 32.9 Å². The molecule has 36 heavy (non-hydrogen) atoms. The molecule has 0 aliphatic carbocycles. The van der Waals surface area contributed by atoms with E-state index in [1.54, 1.807) is 37.8 Å². The fraction of sp³-hybridized carbons (Fsp3) is 0.464. The van der Waals surface area contributed by atoms with E-state index in [4.69, 9.17) is 4.74 Å². The molecule has 7 nitrogen and oxygen atoms in total. The number of hydrogen-bond acceptors (Lipinski definition) is 4. The zero-order valence-corrected chi connectivity index (χ0v) is 21.9. The molecule has 3 rings (SSSR count). The van der Waals surface area contributed by atoms with Crippen LogP contribution >= 0.6 is 0 Å². The molecule has 1 aliphatic heterocycles. The van der Waals surface area contributed by atoms with Crippen molar-refractivity contribution in [1.29, 1.82) is 0 Å². The van der Waals surface area contributed by atoms with Crippen LogP contribution in [0.15, 0.2) is 42.5 Å². The molecular weight excluding hydrogens is 461 g/mol. The van der Waals surface area contributed by atoms with Gasteiger partial charge in [-0.2, -0.15) is 0 Å². The van der Waals surface area contributed by atoms with Crippen LogP contribution in [-0.2, 0) is 27.2 Å². The first kappa shape index (κ1) is 27.2. The molecule has 0 radical (unpaired) electrons. The van der Waals surface area contributed by atoms with Crippen LogP contribution in [0, 0.1) is 12.7 Å². The van der Waals surface area contributed by atoms with Gasteiger partial charge in [-0.05, 0) is 83.7 Å². The quantitative estimate of drug-likeness (QED) is 0.618. The number of nitrogens with zero attached hydrogens (tertiary/aromatic N) is 1. The highest BCUT2D eigenvalue weighted by Crippen LogP contribution is 2.30. The molecule has 2 N–H and O–H groups in total. The lowest BCUT2D eigenvalue weighted by Crippen LogP contribution is -2.56. The molecule has 1 heterocycles. The second-order valence-electron chi connectivity index (χ2n) is 10.6. The predicted octanol–water partition coefficient (Wildman–Crippen LogP) is 4.44. The smallest absolute Gasteiger partial charge is 0.408 e. The van der Waals surface area contributed by atoms with E-state index in [1.165, 1.54) is 12.1 Å². The number of carbonyl (C=O) groups excluding carboxylic acids is 3. The molecule has 0 fully saturated rings.